The maximum Gasteiger partial charge on any atom is 0.129 e. The average Bonchev–Trinajstić information content (AvgIpc) is 2.39. The molecule has 1 aliphatic rings. The number of β-amino-alcohol motifs (C(OH)–C–C–N with tert-alkyl or cyclic N) is 1. The van der Waals surface area contributed by atoms with Crippen LogP contribution in [0, 0.1) is 11.7 Å². The van der Waals surface area contributed by atoms with Gasteiger partial charge in [-0.25, -0.2) is 4.39 Å². The van der Waals surface area contributed by atoms with E-state index in [1.165, 1.54) is 6.07 Å². The van der Waals surface area contributed by atoms with Crippen LogP contribution in [-0.4, -0.2) is 30.3 Å². The van der Waals surface area contributed by atoms with Gasteiger partial charge < -0.3 is 15.3 Å². The zero-order valence-corrected chi connectivity index (χ0v) is 13.3. The summed E-state index contributed by atoms with van der Waals surface area (Å²) >= 11 is 0. The molecule has 0 saturated carbocycles. The van der Waals surface area contributed by atoms with Crippen LogP contribution in [0.1, 0.15) is 39.2 Å². The van der Waals surface area contributed by atoms with E-state index in [1.54, 1.807) is 6.07 Å². The summed E-state index contributed by atoms with van der Waals surface area (Å²) in [7, 11) is 0. The molecular weight excluding hydrogens is 267 g/mol. The molecule has 1 aliphatic heterocycles. The minimum atomic E-state index is -0.687. The van der Waals surface area contributed by atoms with E-state index in [9.17, 15) is 9.50 Å². The summed E-state index contributed by atoms with van der Waals surface area (Å²) in [6.07, 6.45) is 1.74. The van der Waals surface area contributed by atoms with Gasteiger partial charge >= 0.3 is 0 Å². The highest BCUT2D eigenvalue weighted by molar-refractivity contribution is 5.55. The quantitative estimate of drug-likeness (QED) is 0.876. The summed E-state index contributed by atoms with van der Waals surface area (Å²) in [5, 5.41) is 13.6. The fourth-order valence-electron chi connectivity index (χ4n) is 2.93. The van der Waals surface area contributed by atoms with E-state index in [0.717, 1.165) is 31.6 Å². The highest BCUT2D eigenvalue weighted by Gasteiger charge is 2.29. The Kier molecular flexibility index (Phi) is 5.22. The van der Waals surface area contributed by atoms with Crippen molar-refractivity contribution in [2.45, 2.75) is 45.8 Å². The first-order valence-electron chi connectivity index (χ1n) is 7.84. The molecule has 118 valence electrons. The zero-order valence-electron chi connectivity index (χ0n) is 13.3. The van der Waals surface area contributed by atoms with E-state index in [0.29, 0.717) is 24.6 Å². The largest absolute Gasteiger partial charge is 0.388 e. The highest BCUT2D eigenvalue weighted by atomic mass is 19.1. The van der Waals surface area contributed by atoms with Crippen molar-refractivity contribution >= 4 is 5.69 Å². The van der Waals surface area contributed by atoms with Crippen LogP contribution in [0.2, 0.25) is 0 Å². The number of hydrogen-bond donors (Lipinski definition) is 2. The van der Waals surface area contributed by atoms with E-state index in [2.05, 4.69) is 24.1 Å². The van der Waals surface area contributed by atoms with Gasteiger partial charge in [0.1, 0.15) is 5.82 Å². The first-order chi connectivity index (χ1) is 9.89. The van der Waals surface area contributed by atoms with Gasteiger partial charge in [0, 0.05) is 30.9 Å². The normalized spacial score (nSPS) is 22.9. The summed E-state index contributed by atoms with van der Waals surface area (Å²) in [5.74, 6) is 0.366. The number of hydrogen-bond acceptors (Lipinski definition) is 3. The maximum atomic E-state index is 14.2. The van der Waals surface area contributed by atoms with Crippen molar-refractivity contribution < 1.29 is 9.50 Å². The Labute approximate surface area is 127 Å². The third-order valence-corrected chi connectivity index (χ3v) is 3.96. The SMILES string of the molecule is CC(C)CNCc1c(F)cccc1N1CCCC(C)(O)C1. The molecule has 0 radical (unpaired) electrons. The minimum Gasteiger partial charge on any atom is -0.388 e. The first kappa shape index (κ1) is 16.2. The lowest BCUT2D eigenvalue weighted by atomic mass is 9.94. The van der Waals surface area contributed by atoms with Crippen molar-refractivity contribution in [2.75, 3.05) is 24.5 Å². The van der Waals surface area contributed by atoms with E-state index in [-0.39, 0.29) is 5.82 Å². The molecule has 0 aliphatic carbocycles. The molecule has 2 rings (SSSR count). The minimum absolute atomic E-state index is 0.172. The van der Waals surface area contributed by atoms with Crippen LogP contribution in [0.3, 0.4) is 0 Å². The second-order valence-corrected chi connectivity index (χ2v) is 6.78. The molecule has 1 fully saturated rings. The third kappa shape index (κ3) is 4.42. The molecular formula is C17H27FN2O. The first-order valence-corrected chi connectivity index (χ1v) is 7.84. The van der Waals surface area contributed by atoms with Gasteiger partial charge in [0.05, 0.1) is 5.60 Å². The molecule has 1 heterocycles. The molecule has 1 unspecified atom stereocenters. The van der Waals surface area contributed by atoms with Gasteiger partial charge in [0.15, 0.2) is 0 Å². The third-order valence-electron chi connectivity index (χ3n) is 3.96. The Morgan fingerprint density at radius 3 is 2.86 bits per heavy atom. The van der Waals surface area contributed by atoms with Gasteiger partial charge in [-0.15, -0.1) is 0 Å². The molecule has 3 nitrogen and oxygen atoms in total. The number of nitrogens with zero attached hydrogens (tertiary/aromatic N) is 1. The van der Waals surface area contributed by atoms with Gasteiger partial charge in [-0.1, -0.05) is 19.9 Å². The summed E-state index contributed by atoms with van der Waals surface area (Å²) in [5.41, 5.74) is 0.926. The number of rotatable bonds is 5. The van der Waals surface area contributed by atoms with Gasteiger partial charge in [-0.2, -0.15) is 0 Å². The Hall–Kier alpha value is -1.13. The fourth-order valence-corrected chi connectivity index (χ4v) is 2.93. The monoisotopic (exact) mass is 294 g/mol. The van der Waals surface area contributed by atoms with E-state index < -0.39 is 5.60 Å². The number of nitrogens with one attached hydrogen (secondary N) is 1. The predicted octanol–water partition coefficient (Wildman–Crippen LogP) is 2.92. The Bertz CT molecular complexity index is 474. The standard InChI is InChI=1S/C17H27FN2O/c1-13(2)10-19-11-14-15(18)6-4-7-16(14)20-9-5-8-17(3,21)12-20/h4,6-7,13,19,21H,5,8-12H2,1-3H3. The van der Waals surface area contributed by atoms with Crippen molar-refractivity contribution in [2.24, 2.45) is 5.92 Å². The molecule has 0 amide bonds. The molecule has 21 heavy (non-hydrogen) atoms. The lowest BCUT2D eigenvalue weighted by Crippen LogP contribution is -2.46. The van der Waals surface area contributed by atoms with Crippen LogP contribution in [0.5, 0.6) is 0 Å². The molecule has 0 bridgehead atoms. The molecule has 1 saturated heterocycles. The van der Waals surface area contributed by atoms with Gasteiger partial charge in [0.2, 0.25) is 0 Å². The second kappa shape index (κ2) is 6.75. The van der Waals surface area contributed by atoms with Crippen molar-refractivity contribution in [1.82, 2.24) is 5.32 Å². The summed E-state index contributed by atoms with van der Waals surface area (Å²) in [6.45, 7) is 8.96. The van der Waals surface area contributed by atoms with Crippen LogP contribution in [0.15, 0.2) is 18.2 Å². The lowest BCUT2D eigenvalue weighted by Gasteiger charge is -2.39. The lowest BCUT2D eigenvalue weighted by molar-refractivity contribution is 0.0448. The van der Waals surface area contributed by atoms with Crippen LogP contribution in [-0.2, 0) is 6.54 Å². The Morgan fingerprint density at radius 1 is 1.43 bits per heavy atom. The molecule has 0 spiro atoms. The molecule has 4 heteroatoms. The van der Waals surface area contributed by atoms with E-state index in [4.69, 9.17) is 0 Å². The number of piperidine rings is 1. The average molecular weight is 294 g/mol. The highest BCUT2D eigenvalue weighted by Crippen LogP contribution is 2.29. The van der Waals surface area contributed by atoms with Crippen LogP contribution in [0.25, 0.3) is 0 Å². The molecule has 0 aromatic heterocycles. The Morgan fingerprint density at radius 2 is 2.19 bits per heavy atom. The van der Waals surface area contributed by atoms with Crippen molar-refractivity contribution in [1.29, 1.82) is 0 Å². The molecule has 2 N–H and O–H groups in total. The van der Waals surface area contributed by atoms with Gasteiger partial charge in [-0.05, 0) is 44.4 Å². The van der Waals surface area contributed by atoms with E-state index >= 15 is 0 Å². The van der Waals surface area contributed by atoms with Crippen LogP contribution < -0.4 is 10.2 Å². The van der Waals surface area contributed by atoms with Gasteiger partial charge in [0.25, 0.3) is 0 Å². The topological polar surface area (TPSA) is 35.5 Å². The maximum absolute atomic E-state index is 14.2. The zero-order chi connectivity index (χ0) is 15.5. The molecule has 1 atom stereocenters. The summed E-state index contributed by atoms with van der Waals surface area (Å²) < 4.78 is 14.2. The smallest absolute Gasteiger partial charge is 0.129 e. The van der Waals surface area contributed by atoms with Crippen molar-refractivity contribution in [3.63, 3.8) is 0 Å². The summed E-state index contributed by atoms with van der Waals surface area (Å²) in [6, 6.07) is 5.22. The number of halogens is 1. The van der Waals surface area contributed by atoms with E-state index in [1.807, 2.05) is 13.0 Å². The number of anilines is 1. The predicted molar refractivity (Wildman–Crippen MR) is 85.0 cm³/mol. The van der Waals surface area contributed by atoms with Crippen molar-refractivity contribution in [3.05, 3.63) is 29.6 Å². The Balaban J connectivity index is 2.16. The van der Waals surface area contributed by atoms with Crippen molar-refractivity contribution in [3.8, 4) is 0 Å². The number of benzene rings is 1. The fraction of sp³-hybridized carbons (Fsp3) is 0.647. The molecule has 1 aromatic carbocycles. The van der Waals surface area contributed by atoms with Crippen LogP contribution >= 0.6 is 0 Å². The number of aliphatic hydroxyl groups is 1. The molecule has 1 aromatic rings. The van der Waals surface area contributed by atoms with Crippen LogP contribution in [0.4, 0.5) is 10.1 Å². The van der Waals surface area contributed by atoms with Gasteiger partial charge in [-0.3, -0.25) is 0 Å². The summed E-state index contributed by atoms with van der Waals surface area (Å²) in [4.78, 5) is 2.11. The second-order valence-electron chi connectivity index (χ2n) is 6.78.